The standard InChI is InChI=1S/C19H45NO5Si3/c1-11-18(4)24-28(22-12-2,23-13-3)16-14-15-20(26(5,6)7)17-19(21)25-27(8,9)10/h18H,11-17H2,1-10H3. The number of carbonyl (C=O) groups excluding carboxylic acids is 1. The lowest BCUT2D eigenvalue weighted by atomic mass is 10.3. The minimum Gasteiger partial charge on any atom is -0.519 e. The molecule has 6 nitrogen and oxygen atoms in total. The van der Waals surface area contributed by atoms with Gasteiger partial charge in [-0.05, 0) is 59.8 Å². The van der Waals surface area contributed by atoms with Gasteiger partial charge in [0.1, 0.15) is 8.24 Å². The van der Waals surface area contributed by atoms with Crippen LogP contribution in [0.2, 0.25) is 45.3 Å². The average molecular weight is 452 g/mol. The zero-order valence-electron chi connectivity index (χ0n) is 20.0. The van der Waals surface area contributed by atoms with Crippen LogP contribution in [0.3, 0.4) is 0 Å². The predicted molar refractivity (Wildman–Crippen MR) is 124 cm³/mol. The molecule has 1 unspecified atom stereocenters. The van der Waals surface area contributed by atoms with Gasteiger partial charge in [0.2, 0.25) is 8.32 Å². The number of nitrogens with zero attached hydrogens (tertiary/aromatic N) is 1. The molecule has 28 heavy (non-hydrogen) atoms. The molecule has 9 heteroatoms. The van der Waals surface area contributed by atoms with Crippen molar-refractivity contribution < 1.29 is 22.5 Å². The molecule has 0 bridgehead atoms. The normalized spacial score (nSPS) is 14.4. The largest absolute Gasteiger partial charge is 0.519 e. The van der Waals surface area contributed by atoms with Crippen LogP contribution in [0, 0.1) is 0 Å². The molecule has 0 saturated heterocycles. The van der Waals surface area contributed by atoms with Gasteiger partial charge in [0, 0.05) is 25.4 Å². The van der Waals surface area contributed by atoms with Gasteiger partial charge in [-0.15, -0.1) is 0 Å². The van der Waals surface area contributed by atoms with Crippen LogP contribution in [-0.2, 0) is 22.5 Å². The highest BCUT2D eigenvalue weighted by Gasteiger charge is 2.42. The minimum absolute atomic E-state index is 0.101. The second kappa shape index (κ2) is 12.6. The van der Waals surface area contributed by atoms with Gasteiger partial charge >= 0.3 is 14.8 Å². The summed E-state index contributed by atoms with van der Waals surface area (Å²) in [7, 11) is -6.23. The van der Waals surface area contributed by atoms with E-state index >= 15 is 0 Å². The van der Waals surface area contributed by atoms with Crippen LogP contribution in [0.1, 0.15) is 40.5 Å². The number of hydrogen-bond donors (Lipinski definition) is 0. The molecule has 0 N–H and O–H groups in total. The maximum atomic E-state index is 12.4. The van der Waals surface area contributed by atoms with E-state index in [0.29, 0.717) is 19.8 Å². The predicted octanol–water partition coefficient (Wildman–Crippen LogP) is 4.72. The molecule has 0 amide bonds. The van der Waals surface area contributed by atoms with Crippen molar-refractivity contribution in [1.29, 1.82) is 0 Å². The Labute approximate surface area is 176 Å². The summed E-state index contributed by atoms with van der Waals surface area (Å²) in [5.41, 5.74) is 0. The third-order valence-electron chi connectivity index (χ3n) is 4.28. The van der Waals surface area contributed by atoms with Crippen molar-refractivity contribution in [3.8, 4) is 0 Å². The van der Waals surface area contributed by atoms with Gasteiger partial charge in [-0.25, -0.2) is 0 Å². The van der Waals surface area contributed by atoms with Gasteiger partial charge in [-0.2, -0.15) is 0 Å². The summed E-state index contributed by atoms with van der Waals surface area (Å²) in [4.78, 5) is 12.4. The third kappa shape index (κ3) is 11.8. The fourth-order valence-electron chi connectivity index (χ4n) is 2.81. The molecule has 1 atom stereocenters. The Hall–Kier alpha value is -0.0394. The molecule has 0 radical (unpaired) electrons. The Morgan fingerprint density at radius 2 is 1.50 bits per heavy atom. The maximum Gasteiger partial charge on any atom is 0.501 e. The van der Waals surface area contributed by atoms with Crippen molar-refractivity contribution in [2.24, 2.45) is 0 Å². The zero-order chi connectivity index (χ0) is 22.0. The molecule has 0 aromatic heterocycles. The van der Waals surface area contributed by atoms with Crippen molar-refractivity contribution in [2.75, 3.05) is 26.3 Å². The summed E-state index contributed by atoms with van der Waals surface area (Å²) in [6, 6.07) is 0.767. The molecule has 0 fully saturated rings. The van der Waals surface area contributed by atoms with Crippen molar-refractivity contribution in [3.05, 3.63) is 0 Å². The lowest BCUT2D eigenvalue weighted by molar-refractivity contribution is -0.135. The first-order valence-corrected chi connectivity index (χ1v) is 19.5. The summed E-state index contributed by atoms with van der Waals surface area (Å²) in [6.07, 6.45) is 1.93. The van der Waals surface area contributed by atoms with Gasteiger partial charge in [0.15, 0.2) is 0 Å². The van der Waals surface area contributed by atoms with E-state index in [1.165, 1.54) is 0 Å². The first kappa shape index (κ1) is 28.0. The third-order valence-corrected chi connectivity index (χ3v) is 10.6. The molecule has 0 aromatic carbocycles. The van der Waals surface area contributed by atoms with E-state index < -0.39 is 25.4 Å². The van der Waals surface area contributed by atoms with Crippen molar-refractivity contribution in [2.45, 2.75) is 92.0 Å². The van der Waals surface area contributed by atoms with Crippen LogP contribution in [0.15, 0.2) is 0 Å². The Bertz CT molecular complexity index is 446. The molecule has 0 aromatic rings. The van der Waals surface area contributed by atoms with Gasteiger partial charge in [-0.1, -0.05) is 26.6 Å². The summed E-state index contributed by atoms with van der Waals surface area (Å²) in [5.74, 6) is -0.101. The Balaban J connectivity index is 5.06. The molecular formula is C19H45NO5Si3. The molecule has 0 saturated carbocycles. The van der Waals surface area contributed by atoms with Gasteiger partial charge in [-0.3, -0.25) is 4.79 Å². The first-order valence-electron chi connectivity index (χ1n) is 10.7. The van der Waals surface area contributed by atoms with Gasteiger partial charge in [0.25, 0.3) is 0 Å². The van der Waals surface area contributed by atoms with E-state index in [4.69, 9.17) is 17.7 Å². The van der Waals surface area contributed by atoms with Crippen molar-refractivity contribution >= 4 is 31.3 Å². The Kier molecular flexibility index (Phi) is 12.6. The van der Waals surface area contributed by atoms with E-state index in [-0.39, 0.29) is 12.1 Å². The fraction of sp³-hybridized carbons (Fsp3) is 0.947. The fourth-order valence-corrected chi connectivity index (χ4v) is 7.87. The smallest absolute Gasteiger partial charge is 0.501 e. The number of hydrogen-bond acceptors (Lipinski definition) is 6. The topological polar surface area (TPSA) is 57.2 Å². The maximum absolute atomic E-state index is 12.4. The second-order valence-corrected chi connectivity index (χ2v) is 21.3. The number of rotatable bonds is 15. The second-order valence-electron chi connectivity index (χ2n) is 9.17. The lowest BCUT2D eigenvalue weighted by Crippen LogP contribution is -2.52. The first-order chi connectivity index (χ1) is 12.8. The highest BCUT2D eigenvalue weighted by molar-refractivity contribution is 6.73. The van der Waals surface area contributed by atoms with E-state index in [0.717, 1.165) is 25.4 Å². The SMILES string of the molecule is CCO[Si](CCCN(CC(=O)O[Si](C)(C)C)[Si](C)(C)C)(OCC)OC(C)CC. The highest BCUT2D eigenvalue weighted by atomic mass is 28.4. The molecule has 0 heterocycles. The molecule has 0 aliphatic heterocycles. The van der Waals surface area contributed by atoms with E-state index in [2.05, 4.69) is 38.1 Å². The van der Waals surface area contributed by atoms with Crippen molar-refractivity contribution in [3.63, 3.8) is 0 Å². The minimum atomic E-state index is -2.70. The Morgan fingerprint density at radius 3 is 1.89 bits per heavy atom. The summed E-state index contributed by atoms with van der Waals surface area (Å²) < 4.78 is 26.4. The van der Waals surface area contributed by atoms with Crippen molar-refractivity contribution in [1.82, 2.24) is 4.57 Å². The molecule has 168 valence electrons. The lowest BCUT2D eigenvalue weighted by Gasteiger charge is -2.36. The van der Waals surface area contributed by atoms with Crippen LogP contribution in [0.5, 0.6) is 0 Å². The van der Waals surface area contributed by atoms with Gasteiger partial charge in [0.05, 0.1) is 6.54 Å². The van der Waals surface area contributed by atoms with Crippen LogP contribution in [0.4, 0.5) is 0 Å². The van der Waals surface area contributed by atoms with Gasteiger partial charge < -0.3 is 22.3 Å². The quantitative estimate of drug-likeness (QED) is 0.336. The zero-order valence-corrected chi connectivity index (χ0v) is 23.0. The van der Waals surface area contributed by atoms with E-state index in [9.17, 15) is 4.79 Å². The molecule has 0 spiro atoms. The highest BCUT2D eigenvalue weighted by Crippen LogP contribution is 2.22. The monoisotopic (exact) mass is 451 g/mol. The van der Waals surface area contributed by atoms with Crippen LogP contribution >= 0.6 is 0 Å². The summed E-state index contributed by atoms with van der Waals surface area (Å²) >= 11 is 0. The van der Waals surface area contributed by atoms with Crippen LogP contribution in [0.25, 0.3) is 0 Å². The number of carbonyl (C=O) groups is 1. The van der Waals surface area contributed by atoms with Crippen LogP contribution in [-0.4, -0.2) is 68.3 Å². The Morgan fingerprint density at radius 1 is 0.964 bits per heavy atom. The molecular weight excluding hydrogens is 406 g/mol. The summed E-state index contributed by atoms with van der Waals surface area (Å²) in [6.45, 7) is 23.4. The van der Waals surface area contributed by atoms with Crippen LogP contribution < -0.4 is 0 Å². The molecule has 0 aliphatic rings. The van der Waals surface area contributed by atoms with E-state index in [1.807, 2.05) is 33.5 Å². The summed E-state index contributed by atoms with van der Waals surface area (Å²) in [5, 5.41) is 0. The molecule has 0 rings (SSSR count). The molecule has 0 aliphatic carbocycles. The average Bonchev–Trinajstić information content (AvgIpc) is 2.51. The van der Waals surface area contributed by atoms with E-state index in [1.54, 1.807) is 0 Å².